The van der Waals surface area contributed by atoms with Crippen molar-refractivity contribution in [2.45, 2.75) is 0 Å². The molecule has 23 heavy (non-hydrogen) atoms. The summed E-state index contributed by atoms with van der Waals surface area (Å²) in [5.41, 5.74) is 0.729. The third-order valence-electron chi connectivity index (χ3n) is 2.94. The number of carbonyl (C=O) groups excluding carboxylic acids is 1. The van der Waals surface area contributed by atoms with E-state index in [1.165, 1.54) is 18.2 Å². The molecule has 120 valence electrons. The third-order valence-corrected chi connectivity index (χ3v) is 6.04. The van der Waals surface area contributed by atoms with Crippen molar-refractivity contribution in [2.75, 3.05) is 14.2 Å². The molecule has 0 amide bonds. The molecule has 0 aliphatic heterocycles. The van der Waals surface area contributed by atoms with Crippen LogP contribution in [-0.4, -0.2) is 40.4 Å². The minimum absolute atomic E-state index is 0.304. The van der Waals surface area contributed by atoms with Crippen molar-refractivity contribution < 1.29 is 18.7 Å². The Bertz CT molecular complexity index is 746. The van der Waals surface area contributed by atoms with E-state index in [-0.39, 0.29) is 5.82 Å². The van der Waals surface area contributed by atoms with E-state index in [2.05, 4.69) is 0 Å². The number of rotatable bonds is 6. The maximum atomic E-state index is 13.4. The number of halogens is 2. The van der Waals surface area contributed by atoms with Gasteiger partial charge in [0.1, 0.15) is 0 Å². The molecule has 0 N–H and O–H groups in total. The summed E-state index contributed by atoms with van der Waals surface area (Å²) in [7, 11) is 3.11. The molecule has 2 aromatic rings. The van der Waals surface area contributed by atoms with Crippen molar-refractivity contribution >= 4 is 45.0 Å². The average Bonchev–Trinajstić information content (AvgIpc) is 2.53. The second-order valence-electron chi connectivity index (χ2n) is 4.44. The number of hydrogen-bond acceptors (Lipinski definition) is 3. The van der Waals surface area contributed by atoms with Gasteiger partial charge in [0, 0.05) is 0 Å². The molecule has 0 aliphatic rings. The van der Waals surface area contributed by atoms with Crippen LogP contribution in [-0.2, 0) is 4.79 Å². The van der Waals surface area contributed by atoms with Crippen molar-refractivity contribution in [1.82, 2.24) is 0 Å². The molecule has 0 saturated carbocycles. The molecule has 6 heteroatoms. The number of carbonyl (C=O) groups is 1. The zero-order chi connectivity index (χ0) is 16.8. The standard InChI is InChI=1S/C17H14ClFO3Te/c1-21-12-6-7-15(22-2)14(9-12)16(10-17(18)20)23-13-5-3-4-11(19)8-13/h3-10H,1-2H3/b16-10-. The number of ether oxygens (including phenoxy) is 2. The van der Waals surface area contributed by atoms with E-state index in [1.807, 2.05) is 6.07 Å². The first-order valence-electron chi connectivity index (χ1n) is 6.60. The van der Waals surface area contributed by atoms with Gasteiger partial charge < -0.3 is 0 Å². The van der Waals surface area contributed by atoms with E-state index >= 15 is 0 Å². The fraction of sp³-hybridized carbons (Fsp3) is 0.118. The maximum absolute atomic E-state index is 13.4. The quantitative estimate of drug-likeness (QED) is 0.387. The van der Waals surface area contributed by atoms with Gasteiger partial charge in [-0.05, 0) is 0 Å². The monoisotopic (exact) mass is 450 g/mol. The fourth-order valence-electron chi connectivity index (χ4n) is 1.93. The van der Waals surface area contributed by atoms with Gasteiger partial charge in [-0.25, -0.2) is 0 Å². The van der Waals surface area contributed by atoms with E-state index in [0.717, 1.165) is 12.8 Å². The fourth-order valence-corrected chi connectivity index (χ4v) is 5.12. The number of methoxy groups -OCH3 is 2. The molecule has 2 rings (SSSR count). The van der Waals surface area contributed by atoms with Gasteiger partial charge in [-0.2, -0.15) is 0 Å². The van der Waals surface area contributed by atoms with Crippen molar-refractivity contribution in [3.63, 3.8) is 0 Å². The molecule has 0 atom stereocenters. The first-order chi connectivity index (χ1) is 11.0. The Hall–Kier alpha value is -1.54. The summed E-state index contributed by atoms with van der Waals surface area (Å²) < 4.78 is 25.6. The SMILES string of the molecule is COc1ccc(OC)c(/C(=C/C(=O)Cl)[Te]c2cccc(F)c2)c1. The third kappa shape index (κ3) is 4.97. The van der Waals surface area contributed by atoms with Crippen LogP contribution >= 0.6 is 11.6 Å². The molecule has 0 aromatic heterocycles. The summed E-state index contributed by atoms with van der Waals surface area (Å²) in [6.45, 7) is 0. The summed E-state index contributed by atoms with van der Waals surface area (Å²) in [5.74, 6) is 0.943. The molecule has 0 heterocycles. The van der Waals surface area contributed by atoms with Gasteiger partial charge >= 0.3 is 149 Å². The molecule has 2 aromatic carbocycles. The van der Waals surface area contributed by atoms with Crippen molar-refractivity contribution in [3.05, 3.63) is 59.9 Å². The zero-order valence-electron chi connectivity index (χ0n) is 12.5. The van der Waals surface area contributed by atoms with Crippen molar-refractivity contribution in [3.8, 4) is 11.5 Å². The van der Waals surface area contributed by atoms with Gasteiger partial charge in [0.2, 0.25) is 0 Å². The summed E-state index contributed by atoms with van der Waals surface area (Å²) in [6, 6.07) is 11.7. The van der Waals surface area contributed by atoms with Gasteiger partial charge in [-0.1, -0.05) is 0 Å². The van der Waals surface area contributed by atoms with Gasteiger partial charge in [-0.3, -0.25) is 0 Å². The summed E-state index contributed by atoms with van der Waals surface area (Å²) in [6.07, 6.45) is 1.37. The molecular weight excluding hydrogens is 434 g/mol. The van der Waals surface area contributed by atoms with Crippen LogP contribution < -0.4 is 13.1 Å². The van der Waals surface area contributed by atoms with Crippen LogP contribution in [0.3, 0.4) is 0 Å². The molecule has 0 aliphatic carbocycles. The van der Waals surface area contributed by atoms with Gasteiger partial charge in [-0.15, -0.1) is 0 Å². The van der Waals surface area contributed by atoms with E-state index in [4.69, 9.17) is 21.1 Å². The minimum atomic E-state index is -1.04. The van der Waals surface area contributed by atoms with E-state index in [0.29, 0.717) is 11.5 Å². The summed E-state index contributed by atoms with van der Waals surface area (Å²) in [4.78, 5) is 11.4. The topological polar surface area (TPSA) is 35.5 Å². The van der Waals surface area contributed by atoms with Crippen molar-refractivity contribution in [1.29, 1.82) is 0 Å². The van der Waals surface area contributed by atoms with Crippen LogP contribution in [0.4, 0.5) is 4.39 Å². The molecule has 0 fully saturated rings. The molecule has 0 spiro atoms. The molecule has 0 unspecified atom stereocenters. The second kappa shape index (κ2) is 8.35. The average molecular weight is 448 g/mol. The van der Waals surface area contributed by atoms with Crippen LogP contribution in [0, 0.1) is 5.82 Å². The van der Waals surface area contributed by atoms with Crippen molar-refractivity contribution in [2.24, 2.45) is 0 Å². The van der Waals surface area contributed by atoms with Gasteiger partial charge in [0.05, 0.1) is 0 Å². The molecular formula is C17H14ClFO3Te. The Morgan fingerprint density at radius 1 is 1.17 bits per heavy atom. The molecule has 0 radical (unpaired) electrons. The second-order valence-corrected chi connectivity index (χ2v) is 7.99. The predicted octanol–water partition coefficient (Wildman–Crippen LogP) is 2.98. The van der Waals surface area contributed by atoms with Crippen LogP contribution in [0.25, 0.3) is 3.62 Å². The zero-order valence-corrected chi connectivity index (χ0v) is 15.6. The van der Waals surface area contributed by atoms with E-state index < -0.39 is 26.2 Å². The van der Waals surface area contributed by atoms with Crippen LogP contribution in [0.1, 0.15) is 5.56 Å². The molecule has 0 bridgehead atoms. The summed E-state index contributed by atoms with van der Waals surface area (Å²) >= 11 is 4.51. The molecule has 0 saturated heterocycles. The van der Waals surface area contributed by atoms with Gasteiger partial charge in [0.15, 0.2) is 0 Å². The Morgan fingerprint density at radius 3 is 2.57 bits per heavy atom. The molecule has 3 nitrogen and oxygen atoms in total. The number of allylic oxidation sites excluding steroid dienone is 1. The Labute approximate surface area is 149 Å². The van der Waals surface area contributed by atoms with Crippen LogP contribution in [0.2, 0.25) is 0 Å². The van der Waals surface area contributed by atoms with Crippen LogP contribution in [0.15, 0.2) is 48.5 Å². The summed E-state index contributed by atoms with van der Waals surface area (Å²) in [5, 5.41) is -0.577. The number of hydrogen-bond donors (Lipinski definition) is 0. The first kappa shape index (κ1) is 17.8. The van der Waals surface area contributed by atoms with Gasteiger partial charge in [0.25, 0.3) is 0 Å². The first-order valence-corrected chi connectivity index (χ1v) is 9.31. The van der Waals surface area contributed by atoms with E-state index in [9.17, 15) is 9.18 Å². The Kier molecular flexibility index (Phi) is 6.47. The Balaban J connectivity index is 2.49. The normalized spacial score (nSPS) is 11.2. The Morgan fingerprint density at radius 2 is 1.96 bits per heavy atom. The predicted molar refractivity (Wildman–Crippen MR) is 90.2 cm³/mol. The van der Waals surface area contributed by atoms with Crippen LogP contribution in [0.5, 0.6) is 11.5 Å². The number of benzene rings is 2. The van der Waals surface area contributed by atoms with E-state index in [1.54, 1.807) is 38.5 Å².